The number of fused-ring (bicyclic) bond motifs is 1. The van der Waals surface area contributed by atoms with Crippen molar-refractivity contribution in [1.82, 2.24) is 20.5 Å². The second-order valence-electron chi connectivity index (χ2n) is 10.4. The lowest BCUT2D eigenvalue weighted by Gasteiger charge is -2.37. The molecular formula is C29H32ClN5O5. The first-order valence-corrected chi connectivity index (χ1v) is 13.7. The fourth-order valence-electron chi connectivity index (χ4n) is 5.41. The van der Waals surface area contributed by atoms with Crippen LogP contribution in [0, 0.1) is 5.92 Å². The summed E-state index contributed by atoms with van der Waals surface area (Å²) in [4.78, 5) is 57.7. The molecule has 4 amide bonds. The van der Waals surface area contributed by atoms with Gasteiger partial charge < -0.3 is 30.2 Å². The molecule has 2 heterocycles. The highest BCUT2D eigenvalue weighted by Crippen LogP contribution is 2.28. The van der Waals surface area contributed by atoms with Crippen LogP contribution in [-0.2, 0) is 14.3 Å². The molecule has 0 bridgehead atoms. The van der Waals surface area contributed by atoms with Crippen molar-refractivity contribution in [2.75, 3.05) is 38.8 Å². The summed E-state index contributed by atoms with van der Waals surface area (Å²) >= 11 is 6.17. The zero-order valence-electron chi connectivity index (χ0n) is 22.4. The van der Waals surface area contributed by atoms with E-state index in [1.165, 1.54) is 0 Å². The minimum Gasteiger partial charge on any atom is -0.370 e. The molecular weight excluding hydrogens is 534 g/mol. The number of benzene rings is 2. The van der Waals surface area contributed by atoms with Gasteiger partial charge in [-0.3, -0.25) is 19.2 Å². The van der Waals surface area contributed by atoms with Crippen molar-refractivity contribution in [2.24, 2.45) is 5.92 Å². The lowest BCUT2D eigenvalue weighted by molar-refractivity contribution is -0.134. The summed E-state index contributed by atoms with van der Waals surface area (Å²) in [5, 5.41) is 7.55. The van der Waals surface area contributed by atoms with Crippen molar-refractivity contribution >= 4 is 51.8 Å². The molecule has 1 aliphatic carbocycles. The van der Waals surface area contributed by atoms with Gasteiger partial charge in [-0.15, -0.1) is 0 Å². The van der Waals surface area contributed by atoms with Crippen LogP contribution in [0.25, 0.3) is 10.9 Å². The van der Waals surface area contributed by atoms with E-state index in [1.807, 2.05) is 0 Å². The first-order chi connectivity index (χ1) is 19.2. The molecule has 0 spiro atoms. The molecule has 0 unspecified atom stereocenters. The number of halogens is 1. The third kappa shape index (κ3) is 5.83. The van der Waals surface area contributed by atoms with Crippen LogP contribution >= 0.6 is 11.6 Å². The van der Waals surface area contributed by atoms with Crippen LogP contribution in [0.2, 0.25) is 5.02 Å². The van der Waals surface area contributed by atoms with Crippen LogP contribution in [-0.4, -0.2) is 79.5 Å². The Morgan fingerprint density at radius 2 is 1.70 bits per heavy atom. The fraction of sp³-hybridized carbons (Fsp3) is 0.379. The fourth-order valence-corrected chi connectivity index (χ4v) is 5.63. The number of nitrogens with one attached hydrogen (secondary N) is 3. The van der Waals surface area contributed by atoms with Gasteiger partial charge in [-0.25, -0.2) is 0 Å². The molecule has 3 atom stereocenters. The number of hydrogen-bond donors (Lipinski definition) is 3. The van der Waals surface area contributed by atoms with Gasteiger partial charge in [-0.1, -0.05) is 17.7 Å². The van der Waals surface area contributed by atoms with Crippen LogP contribution < -0.4 is 15.5 Å². The summed E-state index contributed by atoms with van der Waals surface area (Å²) < 4.78 is 5.19. The van der Waals surface area contributed by atoms with Gasteiger partial charge in [0.1, 0.15) is 6.61 Å². The summed E-state index contributed by atoms with van der Waals surface area (Å²) in [7, 11) is 3.43. The highest BCUT2D eigenvalue weighted by atomic mass is 35.5. The molecule has 1 saturated carbocycles. The Balaban J connectivity index is 1.31. The number of anilines is 1. The van der Waals surface area contributed by atoms with Crippen LogP contribution in [0.1, 0.15) is 40.0 Å². The number of ether oxygens (including phenoxy) is 1. The van der Waals surface area contributed by atoms with Gasteiger partial charge in [0.25, 0.3) is 17.7 Å². The highest BCUT2D eigenvalue weighted by Gasteiger charge is 2.36. The zero-order chi connectivity index (χ0) is 28.4. The third-order valence-electron chi connectivity index (χ3n) is 7.59. The topological polar surface area (TPSA) is 124 Å². The lowest BCUT2D eigenvalue weighted by atomic mass is 9.81. The van der Waals surface area contributed by atoms with Gasteiger partial charge in [-0.05, 0) is 55.7 Å². The number of nitrogens with zero attached hydrogens (tertiary/aromatic N) is 2. The molecule has 1 aliphatic heterocycles. The van der Waals surface area contributed by atoms with Crippen molar-refractivity contribution in [3.05, 3.63) is 64.8 Å². The molecule has 2 fully saturated rings. The number of rotatable bonds is 6. The number of amides is 4. The normalized spacial score (nSPS) is 21.2. The predicted molar refractivity (Wildman–Crippen MR) is 151 cm³/mol. The van der Waals surface area contributed by atoms with Crippen molar-refractivity contribution < 1.29 is 23.9 Å². The van der Waals surface area contributed by atoms with E-state index < -0.39 is 6.04 Å². The molecule has 11 heteroatoms. The smallest absolute Gasteiger partial charge is 0.253 e. The Morgan fingerprint density at radius 1 is 1.00 bits per heavy atom. The van der Waals surface area contributed by atoms with Gasteiger partial charge >= 0.3 is 0 Å². The van der Waals surface area contributed by atoms with Gasteiger partial charge in [0.05, 0.1) is 17.7 Å². The first kappa shape index (κ1) is 27.7. The molecule has 1 saturated heterocycles. The van der Waals surface area contributed by atoms with Crippen molar-refractivity contribution in [3.63, 3.8) is 0 Å². The van der Waals surface area contributed by atoms with E-state index in [4.69, 9.17) is 16.3 Å². The average molecular weight is 566 g/mol. The summed E-state index contributed by atoms with van der Waals surface area (Å²) in [6.07, 6.45) is 3.21. The highest BCUT2D eigenvalue weighted by molar-refractivity contribution is 6.35. The summed E-state index contributed by atoms with van der Waals surface area (Å²) in [5.74, 6) is -0.976. The number of carbonyl (C=O) groups excluding carboxylic acids is 4. The second-order valence-corrected chi connectivity index (χ2v) is 10.9. The van der Waals surface area contributed by atoms with E-state index >= 15 is 0 Å². The minimum atomic E-state index is -0.455. The Bertz CT molecular complexity index is 1440. The number of hydrogen-bond acceptors (Lipinski definition) is 5. The van der Waals surface area contributed by atoms with Crippen LogP contribution in [0.15, 0.2) is 48.7 Å². The number of aromatic nitrogens is 1. The van der Waals surface area contributed by atoms with Crippen LogP contribution in [0.5, 0.6) is 0 Å². The van der Waals surface area contributed by atoms with Crippen molar-refractivity contribution in [3.8, 4) is 0 Å². The first-order valence-electron chi connectivity index (χ1n) is 13.3. The maximum absolute atomic E-state index is 13.3. The Kier molecular flexibility index (Phi) is 8.09. The summed E-state index contributed by atoms with van der Waals surface area (Å²) in [6.45, 7) is 0.956. The number of carbonyl (C=O) groups is 4. The quantitative estimate of drug-likeness (QED) is 0.424. The molecule has 0 radical (unpaired) electrons. The maximum atomic E-state index is 13.3. The standard InChI is InChI=1S/C29H32ClN5O5/c1-34(2)29(39)19-6-10-23(32-28(38)18-5-9-21-22(30)15-31-24(21)13-18)25(14-19)33-27(37)17-3-7-20(8-4-17)35-11-12-40-16-26(35)36/h3-5,7-9,13,15,19,23,25,31H,6,10-12,14,16H2,1-2H3,(H,32,38)(H,33,37)/t19-,23-,25+/m1/s1. The van der Waals surface area contributed by atoms with E-state index in [1.54, 1.807) is 72.6 Å². The summed E-state index contributed by atoms with van der Waals surface area (Å²) in [6, 6.07) is 11.2. The van der Waals surface area contributed by atoms with Crippen LogP contribution in [0.4, 0.5) is 5.69 Å². The second kappa shape index (κ2) is 11.7. The zero-order valence-corrected chi connectivity index (χ0v) is 23.2. The largest absolute Gasteiger partial charge is 0.370 e. The number of H-pyrrole nitrogens is 1. The monoisotopic (exact) mass is 565 g/mol. The minimum absolute atomic E-state index is 0.00219. The average Bonchev–Trinajstić information content (AvgIpc) is 3.33. The number of morpholine rings is 1. The van der Waals surface area contributed by atoms with E-state index in [0.717, 1.165) is 10.9 Å². The molecule has 3 N–H and O–H groups in total. The Labute approximate surface area is 237 Å². The molecule has 40 heavy (non-hydrogen) atoms. The van der Waals surface area contributed by atoms with Gasteiger partial charge in [0.2, 0.25) is 5.91 Å². The van der Waals surface area contributed by atoms with E-state index in [2.05, 4.69) is 15.6 Å². The van der Waals surface area contributed by atoms with E-state index in [0.29, 0.717) is 54.3 Å². The van der Waals surface area contributed by atoms with Crippen molar-refractivity contribution in [2.45, 2.75) is 31.3 Å². The SMILES string of the molecule is CN(C)C(=O)[C@@H]1CC[C@@H](NC(=O)c2ccc3c(Cl)c[nH]c3c2)[C@@H](NC(=O)c2ccc(N3CCOCC3=O)cc2)C1. The van der Waals surface area contributed by atoms with Gasteiger partial charge in [0.15, 0.2) is 0 Å². The number of aromatic amines is 1. The van der Waals surface area contributed by atoms with E-state index in [-0.39, 0.29) is 42.2 Å². The molecule has 10 nitrogen and oxygen atoms in total. The molecule has 5 rings (SSSR count). The Hall–Kier alpha value is -3.89. The molecule has 3 aromatic rings. The third-order valence-corrected chi connectivity index (χ3v) is 7.91. The summed E-state index contributed by atoms with van der Waals surface area (Å²) in [5.41, 5.74) is 2.34. The van der Waals surface area contributed by atoms with Gasteiger partial charge in [0, 0.05) is 66.5 Å². The van der Waals surface area contributed by atoms with E-state index in [9.17, 15) is 19.2 Å². The lowest BCUT2D eigenvalue weighted by Crippen LogP contribution is -2.55. The molecule has 2 aromatic carbocycles. The maximum Gasteiger partial charge on any atom is 0.253 e. The van der Waals surface area contributed by atoms with Crippen LogP contribution in [0.3, 0.4) is 0 Å². The van der Waals surface area contributed by atoms with Crippen molar-refractivity contribution in [1.29, 1.82) is 0 Å². The van der Waals surface area contributed by atoms with Gasteiger partial charge in [-0.2, -0.15) is 0 Å². The molecule has 2 aliphatic rings. The predicted octanol–water partition coefficient (Wildman–Crippen LogP) is 2.97. The molecule has 1 aromatic heterocycles. The Morgan fingerprint density at radius 3 is 2.42 bits per heavy atom. The molecule has 210 valence electrons.